The van der Waals surface area contributed by atoms with Crippen LogP contribution in [0.3, 0.4) is 0 Å². The summed E-state index contributed by atoms with van der Waals surface area (Å²) in [6.45, 7) is 1.88. The number of esters is 1. The standard InChI is InChI=1S/C18H18N2O3/c1-2-15(16(19)17(21)14-8-10-20-11-9-14)18(22)23-12-13-6-4-3-5-7-13/h3-11,15,19H,2,12H2,1H3. The zero-order valence-electron chi connectivity index (χ0n) is 12.9. The molecule has 0 radical (unpaired) electrons. The first-order valence-corrected chi connectivity index (χ1v) is 7.37. The van der Waals surface area contributed by atoms with Crippen LogP contribution in [0, 0.1) is 11.3 Å². The fourth-order valence-electron chi connectivity index (χ4n) is 2.13. The van der Waals surface area contributed by atoms with Gasteiger partial charge in [-0.3, -0.25) is 14.6 Å². The Balaban J connectivity index is 2.02. The number of hydrogen-bond donors (Lipinski definition) is 1. The highest BCUT2D eigenvalue weighted by molar-refractivity contribution is 6.47. The summed E-state index contributed by atoms with van der Waals surface area (Å²) in [6, 6.07) is 12.3. The molecule has 5 heteroatoms. The van der Waals surface area contributed by atoms with Crippen LogP contribution in [0.15, 0.2) is 54.9 Å². The first-order chi connectivity index (χ1) is 11.1. The summed E-state index contributed by atoms with van der Waals surface area (Å²) >= 11 is 0. The molecule has 0 amide bonds. The Morgan fingerprint density at radius 1 is 1.13 bits per heavy atom. The molecular weight excluding hydrogens is 292 g/mol. The Morgan fingerprint density at radius 2 is 1.78 bits per heavy atom. The molecule has 1 heterocycles. The highest BCUT2D eigenvalue weighted by atomic mass is 16.5. The first-order valence-electron chi connectivity index (χ1n) is 7.37. The highest BCUT2D eigenvalue weighted by Crippen LogP contribution is 2.13. The molecule has 1 unspecified atom stereocenters. The lowest BCUT2D eigenvalue weighted by molar-refractivity contribution is -0.147. The van der Waals surface area contributed by atoms with Gasteiger partial charge in [-0.05, 0) is 24.1 Å². The van der Waals surface area contributed by atoms with Crippen molar-refractivity contribution < 1.29 is 14.3 Å². The van der Waals surface area contributed by atoms with Crippen molar-refractivity contribution in [2.75, 3.05) is 0 Å². The fraction of sp³-hybridized carbons (Fsp3) is 0.222. The van der Waals surface area contributed by atoms with Crippen LogP contribution >= 0.6 is 0 Å². The number of ketones is 1. The number of nitrogens with zero attached hydrogens (tertiary/aromatic N) is 1. The topological polar surface area (TPSA) is 80.1 Å². The van der Waals surface area contributed by atoms with Gasteiger partial charge in [0.1, 0.15) is 12.5 Å². The fourth-order valence-corrected chi connectivity index (χ4v) is 2.13. The van der Waals surface area contributed by atoms with E-state index in [1.807, 2.05) is 30.3 Å². The molecule has 1 atom stereocenters. The minimum Gasteiger partial charge on any atom is -0.460 e. The van der Waals surface area contributed by atoms with Gasteiger partial charge in [0, 0.05) is 18.0 Å². The van der Waals surface area contributed by atoms with Gasteiger partial charge in [0.25, 0.3) is 0 Å². The average Bonchev–Trinajstić information content (AvgIpc) is 2.61. The van der Waals surface area contributed by atoms with Crippen molar-refractivity contribution in [2.45, 2.75) is 20.0 Å². The molecule has 2 rings (SSSR count). The van der Waals surface area contributed by atoms with E-state index in [2.05, 4.69) is 4.98 Å². The van der Waals surface area contributed by atoms with E-state index in [4.69, 9.17) is 10.1 Å². The van der Waals surface area contributed by atoms with Gasteiger partial charge >= 0.3 is 5.97 Å². The minimum absolute atomic E-state index is 0.132. The number of nitrogens with one attached hydrogen (secondary N) is 1. The monoisotopic (exact) mass is 310 g/mol. The van der Waals surface area contributed by atoms with Gasteiger partial charge in [-0.1, -0.05) is 37.3 Å². The third kappa shape index (κ3) is 4.32. The lowest BCUT2D eigenvalue weighted by Gasteiger charge is -2.14. The van der Waals surface area contributed by atoms with E-state index >= 15 is 0 Å². The molecule has 0 bridgehead atoms. The number of benzene rings is 1. The molecule has 1 aromatic carbocycles. The predicted octanol–water partition coefficient (Wildman–Crippen LogP) is 3.05. The van der Waals surface area contributed by atoms with Crippen LogP contribution in [0.2, 0.25) is 0 Å². The van der Waals surface area contributed by atoms with Crippen molar-refractivity contribution in [1.82, 2.24) is 4.98 Å². The SMILES string of the molecule is CCC(C(=N)C(=O)c1ccncc1)C(=O)OCc1ccccc1. The molecule has 2 aromatic rings. The zero-order chi connectivity index (χ0) is 16.7. The molecule has 1 aromatic heterocycles. The van der Waals surface area contributed by atoms with Gasteiger partial charge in [0.15, 0.2) is 0 Å². The normalized spacial score (nSPS) is 11.5. The van der Waals surface area contributed by atoms with Crippen molar-refractivity contribution >= 4 is 17.5 Å². The number of rotatable bonds is 7. The number of hydrogen-bond acceptors (Lipinski definition) is 5. The molecule has 0 saturated carbocycles. The number of carbonyl (C=O) groups is 2. The van der Waals surface area contributed by atoms with Crippen molar-refractivity contribution in [2.24, 2.45) is 5.92 Å². The Labute approximate surface area is 134 Å². The lowest BCUT2D eigenvalue weighted by atomic mass is 9.94. The van der Waals surface area contributed by atoms with Crippen LogP contribution < -0.4 is 0 Å². The average molecular weight is 310 g/mol. The molecule has 0 aliphatic carbocycles. The number of aromatic nitrogens is 1. The smallest absolute Gasteiger partial charge is 0.315 e. The van der Waals surface area contributed by atoms with Crippen LogP contribution in [0.4, 0.5) is 0 Å². The molecule has 0 aliphatic rings. The van der Waals surface area contributed by atoms with E-state index in [-0.39, 0.29) is 12.3 Å². The number of Topliss-reactive ketones (excluding diaryl/α,β-unsaturated/α-hetero) is 1. The summed E-state index contributed by atoms with van der Waals surface area (Å²) in [5.74, 6) is -1.89. The highest BCUT2D eigenvalue weighted by Gasteiger charge is 2.28. The quantitative estimate of drug-likeness (QED) is 0.484. The van der Waals surface area contributed by atoms with Gasteiger partial charge in [-0.15, -0.1) is 0 Å². The second kappa shape index (κ2) is 7.98. The Kier molecular flexibility index (Phi) is 5.74. The maximum Gasteiger partial charge on any atom is 0.315 e. The second-order valence-electron chi connectivity index (χ2n) is 5.03. The largest absolute Gasteiger partial charge is 0.460 e. The van der Waals surface area contributed by atoms with Crippen molar-refractivity contribution in [3.05, 3.63) is 66.0 Å². The molecule has 118 valence electrons. The van der Waals surface area contributed by atoms with E-state index in [1.165, 1.54) is 24.5 Å². The maximum atomic E-state index is 12.3. The first kappa shape index (κ1) is 16.5. The van der Waals surface area contributed by atoms with E-state index in [1.54, 1.807) is 6.92 Å². The van der Waals surface area contributed by atoms with Crippen molar-refractivity contribution in [3.8, 4) is 0 Å². The van der Waals surface area contributed by atoms with Crippen LogP contribution in [0.5, 0.6) is 0 Å². The van der Waals surface area contributed by atoms with E-state index in [0.29, 0.717) is 12.0 Å². The predicted molar refractivity (Wildman–Crippen MR) is 86.3 cm³/mol. The van der Waals surface area contributed by atoms with Gasteiger partial charge in [-0.25, -0.2) is 0 Å². The van der Waals surface area contributed by atoms with Crippen LogP contribution in [-0.4, -0.2) is 22.4 Å². The summed E-state index contributed by atoms with van der Waals surface area (Å²) in [5.41, 5.74) is 0.957. The molecule has 23 heavy (non-hydrogen) atoms. The lowest BCUT2D eigenvalue weighted by Crippen LogP contribution is -2.30. The summed E-state index contributed by atoms with van der Waals surface area (Å²) in [6.07, 6.45) is 3.30. The van der Waals surface area contributed by atoms with Crippen molar-refractivity contribution in [1.29, 1.82) is 5.41 Å². The molecule has 5 nitrogen and oxygen atoms in total. The van der Waals surface area contributed by atoms with Crippen LogP contribution in [0.25, 0.3) is 0 Å². The molecule has 1 N–H and O–H groups in total. The Bertz CT molecular complexity index is 684. The summed E-state index contributed by atoms with van der Waals surface area (Å²) in [4.78, 5) is 28.3. The molecule has 0 aliphatic heterocycles. The number of pyridine rings is 1. The summed E-state index contributed by atoms with van der Waals surface area (Å²) < 4.78 is 5.24. The Morgan fingerprint density at radius 3 is 2.39 bits per heavy atom. The summed E-state index contributed by atoms with van der Waals surface area (Å²) in [7, 11) is 0. The molecule has 0 spiro atoms. The van der Waals surface area contributed by atoms with Gasteiger partial charge < -0.3 is 10.1 Å². The third-order valence-electron chi connectivity index (χ3n) is 3.45. The third-order valence-corrected chi connectivity index (χ3v) is 3.45. The van der Waals surface area contributed by atoms with Crippen molar-refractivity contribution in [3.63, 3.8) is 0 Å². The molecular formula is C18H18N2O3. The van der Waals surface area contributed by atoms with E-state index in [9.17, 15) is 9.59 Å². The number of ether oxygens (including phenoxy) is 1. The van der Waals surface area contributed by atoms with Gasteiger partial charge in [0.05, 0.1) is 5.71 Å². The maximum absolute atomic E-state index is 12.3. The minimum atomic E-state index is -0.862. The zero-order valence-corrected chi connectivity index (χ0v) is 12.9. The van der Waals surface area contributed by atoms with Crippen LogP contribution in [0.1, 0.15) is 29.3 Å². The van der Waals surface area contributed by atoms with E-state index < -0.39 is 17.7 Å². The number of carbonyl (C=O) groups excluding carboxylic acids is 2. The van der Waals surface area contributed by atoms with Crippen LogP contribution in [-0.2, 0) is 16.1 Å². The molecule has 0 fully saturated rings. The van der Waals surface area contributed by atoms with E-state index in [0.717, 1.165) is 5.56 Å². The van der Waals surface area contributed by atoms with Gasteiger partial charge in [-0.2, -0.15) is 0 Å². The van der Waals surface area contributed by atoms with Gasteiger partial charge in [0.2, 0.25) is 5.78 Å². The summed E-state index contributed by atoms with van der Waals surface area (Å²) in [5, 5.41) is 8.03. The second-order valence-corrected chi connectivity index (χ2v) is 5.03. The molecule has 0 saturated heterocycles. The Hall–Kier alpha value is -2.82.